The standard InChI is InChI=1S/C23H22N2O2/c1-17-3-7-19(8-4-17)15-24-25-23(26)21-11-13-22(14-12-21)27-16-20-9-5-18(2)6-10-20/h3-15H,16H2,1-2H3,(H,25,26)/b24-15+. The molecular weight excluding hydrogens is 336 g/mol. The number of benzene rings is 3. The molecule has 0 aromatic heterocycles. The van der Waals surface area contributed by atoms with Crippen molar-refractivity contribution in [1.82, 2.24) is 5.43 Å². The van der Waals surface area contributed by atoms with E-state index in [1.807, 2.05) is 43.3 Å². The Kier molecular flexibility index (Phi) is 6.00. The van der Waals surface area contributed by atoms with Crippen LogP contribution in [0.2, 0.25) is 0 Å². The van der Waals surface area contributed by atoms with Crippen molar-refractivity contribution in [3.05, 3.63) is 101 Å². The molecule has 136 valence electrons. The van der Waals surface area contributed by atoms with Crippen molar-refractivity contribution in [2.24, 2.45) is 5.10 Å². The fourth-order valence-corrected chi connectivity index (χ4v) is 2.44. The first kappa shape index (κ1) is 18.4. The first-order chi connectivity index (χ1) is 13.1. The third kappa shape index (κ3) is 5.54. The summed E-state index contributed by atoms with van der Waals surface area (Å²) < 4.78 is 5.75. The van der Waals surface area contributed by atoms with Crippen molar-refractivity contribution in [2.45, 2.75) is 20.5 Å². The monoisotopic (exact) mass is 358 g/mol. The Morgan fingerprint density at radius 1 is 0.889 bits per heavy atom. The van der Waals surface area contributed by atoms with Crippen LogP contribution in [0, 0.1) is 13.8 Å². The fraction of sp³-hybridized carbons (Fsp3) is 0.130. The molecule has 4 heteroatoms. The highest BCUT2D eigenvalue weighted by atomic mass is 16.5. The van der Waals surface area contributed by atoms with Crippen molar-refractivity contribution in [2.75, 3.05) is 0 Å². The van der Waals surface area contributed by atoms with Crippen LogP contribution in [0.25, 0.3) is 0 Å². The van der Waals surface area contributed by atoms with E-state index in [0.717, 1.165) is 16.9 Å². The molecule has 0 aliphatic rings. The van der Waals surface area contributed by atoms with Crippen LogP contribution < -0.4 is 10.2 Å². The number of nitrogens with zero attached hydrogens (tertiary/aromatic N) is 1. The second-order valence-electron chi connectivity index (χ2n) is 6.41. The Bertz CT molecular complexity index is 912. The van der Waals surface area contributed by atoms with Crippen LogP contribution in [0.4, 0.5) is 0 Å². The van der Waals surface area contributed by atoms with Gasteiger partial charge in [-0.1, -0.05) is 59.7 Å². The quantitative estimate of drug-likeness (QED) is 0.515. The van der Waals surface area contributed by atoms with Crippen molar-refractivity contribution in [1.29, 1.82) is 0 Å². The zero-order chi connectivity index (χ0) is 19.1. The molecule has 3 aromatic rings. The Labute approximate surface area is 159 Å². The van der Waals surface area contributed by atoms with Gasteiger partial charge in [0.05, 0.1) is 6.21 Å². The molecule has 0 saturated carbocycles. The molecule has 0 aliphatic carbocycles. The lowest BCUT2D eigenvalue weighted by Gasteiger charge is -2.07. The number of rotatable bonds is 6. The minimum atomic E-state index is -0.261. The van der Waals surface area contributed by atoms with Crippen LogP contribution in [0.5, 0.6) is 5.75 Å². The van der Waals surface area contributed by atoms with E-state index >= 15 is 0 Å². The van der Waals surface area contributed by atoms with E-state index in [-0.39, 0.29) is 5.91 Å². The summed E-state index contributed by atoms with van der Waals surface area (Å²) in [5, 5.41) is 4.00. The normalized spacial score (nSPS) is 10.7. The maximum Gasteiger partial charge on any atom is 0.271 e. The number of carbonyl (C=O) groups excluding carboxylic acids is 1. The average molecular weight is 358 g/mol. The molecule has 4 nitrogen and oxygen atoms in total. The number of ether oxygens (including phenoxy) is 1. The van der Waals surface area contributed by atoms with Gasteiger partial charge in [-0.2, -0.15) is 5.10 Å². The van der Waals surface area contributed by atoms with Crippen LogP contribution in [0.1, 0.15) is 32.6 Å². The van der Waals surface area contributed by atoms with Gasteiger partial charge in [-0.05, 0) is 49.2 Å². The number of carbonyl (C=O) groups is 1. The molecule has 0 atom stereocenters. The molecular formula is C23H22N2O2. The van der Waals surface area contributed by atoms with Gasteiger partial charge in [-0.3, -0.25) is 4.79 Å². The van der Waals surface area contributed by atoms with Gasteiger partial charge in [-0.15, -0.1) is 0 Å². The lowest BCUT2D eigenvalue weighted by Crippen LogP contribution is -2.17. The van der Waals surface area contributed by atoms with Gasteiger partial charge >= 0.3 is 0 Å². The van der Waals surface area contributed by atoms with E-state index in [0.29, 0.717) is 12.2 Å². The van der Waals surface area contributed by atoms with Crippen LogP contribution in [-0.2, 0) is 6.61 Å². The molecule has 0 spiro atoms. The van der Waals surface area contributed by atoms with Gasteiger partial charge in [-0.25, -0.2) is 5.43 Å². The number of nitrogens with one attached hydrogen (secondary N) is 1. The summed E-state index contributed by atoms with van der Waals surface area (Å²) in [5.74, 6) is 0.457. The van der Waals surface area contributed by atoms with E-state index in [1.165, 1.54) is 11.1 Å². The summed E-state index contributed by atoms with van der Waals surface area (Å²) in [7, 11) is 0. The lowest BCUT2D eigenvalue weighted by molar-refractivity contribution is 0.0955. The summed E-state index contributed by atoms with van der Waals surface area (Å²) >= 11 is 0. The van der Waals surface area contributed by atoms with Crippen molar-refractivity contribution < 1.29 is 9.53 Å². The summed E-state index contributed by atoms with van der Waals surface area (Å²) in [6, 6.07) is 23.1. The van der Waals surface area contributed by atoms with Gasteiger partial charge in [0.25, 0.3) is 5.91 Å². The second kappa shape index (κ2) is 8.81. The number of hydrazone groups is 1. The van der Waals surface area contributed by atoms with Crippen LogP contribution >= 0.6 is 0 Å². The average Bonchev–Trinajstić information content (AvgIpc) is 2.69. The van der Waals surface area contributed by atoms with Crippen LogP contribution in [-0.4, -0.2) is 12.1 Å². The van der Waals surface area contributed by atoms with Crippen LogP contribution in [0.15, 0.2) is 77.9 Å². The predicted octanol–water partition coefficient (Wildman–Crippen LogP) is 4.65. The topological polar surface area (TPSA) is 50.7 Å². The maximum atomic E-state index is 12.1. The molecule has 1 amide bonds. The molecule has 0 fully saturated rings. The largest absolute Gasteiger partial charge is 0.489 e. The number of hydrogen-bond acceptors (Lipinski definition) is 3. The van der Waals surface area contributed by atoms with E-state index in [4.69, 9.17) is 4.74 Å². The number of hydrogen-bond donors (Lipinski definition) is 1. The van der Waals surface area contributed by atoms with Crippen LogP contribution in [0.3, 0.4) is 0 Å². The Balaban J connectivity index is 1.52. The van der Waals surface area contributed by atoms with Crippen molar-refractivity contribution in [3.63, 3.8) is 0 Å². The minimum absolute atomic E-state index is 0.261. The highest BCUT2D eigenvalue weighted by Crippen LogP contribution is 2.14. The smallest absolute Gasteiger partial charge is 0.271 e. The first-order valence-electron chi connectivity index (χ1n) is 8.79. The molecule has 0 unspecified atom stereocenters. The van der Waals surface area contributed by atoms with Gasteiger partial charge in [0.2, 0.25) is 0 Å². The zero-order valence-electron chi connectivity index (χ0n) is 15.5. The van der Waals surface area contributed by atoms with E-state index in [9.17, 15) is 4.79 Å². The lowest BCUT2D eigenvalue weighted by atomic mass is 10.2. The molecule has 0 saturated heterocycles. The van der Waals surface area contributed by atoms with E-state index in [2.05, 4.69) is 29.6 Å². The molecule has 3 aromatic carbocycles. The number of aryl methyl sites for hydroxylation is 2. The van der Waals surface area contributed by atoms with Crippen molar-refractivity contribution in [3.8, 4) is 5.75 Å². The summed E-state index contributed by atoms with van der Waals surface area (Å²) in [5.41, 5.74) is 7.50. The molecule has 0 aliphatic heterocycles. The van der Waals surface area contributed by atoms with Crippen molar-refractivity contribution >= 4 is 12.1 Å². The van der Waals surface area contributed by atoms with Gasteiger partial charge < -0.3 is 4.74 Å². The Hall–Kier alpha value is -3.40. The SMILES string of the molecule is Cc1ccc(/C=N/NC(=O)c2ccc(OCc3ccc(C)cc3)cc2)cc1. The molecule has 0 radical (unpaired) electrons. The summed E-state index contributed by atoms with van der Waals surface area (Å²) in [4.78, 5) is 12.1. The fourth-order valence-electron chi connectivity index (χ4n) is 2.44. The first-order valence-corrected chi connectivity index (χ1v) is 8.79. The third-order valence-electron chi connectivity index (χ3n) is 4.10. The molecule has 27 heavy (non-hydrogen) atoms. The van der Waals surface area contributed by atoms with E-state index in [1.54, 1.807) is 30.5 Å². The molecule has 1 N–H and O–H groups in total. The maximum absolute atomic E-state index is 12.1. The predicted molar refractivity (Wildman–Crippen MR) is 108 cm³/mol. The van der Waals surface area contributed by atoms with Gasteiger partial charge in [0.1, 0.15) is 12.4 Å². The highest BCUT2D eigenvalue weighted by Gasteiger charge is 2.04. The second-order valence-corrected chi connectivity index (χ2v) is 6.41. The van der Waals surface area contributed by atoms with Gasteiger partial charge in [0.15, 0.2) is 0 Å². The Morgan fingerprint density at radius 2 is 1.48 bits per heavy atom. The third-order valence-corrected chi connectivity index (χ3v) is 4.10. The molecule has 3 rings (SSSR count). The molecule has 0 bridgehead atoms. The van der Waals surface area contributed by atoms with E-state index < -0.39 is 0 Å². The number of amides is 1. The van der Waals surface area contributed by atoms with Gasteiger partial charge in [0, 0.05) is 5.56 Å². The Morgan fingerprint density at radius 3 is 2.11 bits per heavy atom. The molecule has 0 heterocycles. The summed E-state index contributed by atoms with van der Waals surface area (Å²) in [6.07, 6.45) is 1.62. The summed E-state index contributed by atoms with van der Waals surface area (Å²) in [6.45, 7) is 4.57. The highest BCUT2D eigenvalue weighted by molar-refractivity contribution is 5.95. The minimum Gasteiger partial charge on any atom is -0.489 e. The zero-order valence-corrected chi connectivity index (χ0v) is 15.5.